The van der Waals surface area contributed by atoms with Gasteiger partial charge in [-0.15, -0.1) is 0 Å². The standard InChI is InChI=1S/C20H22FN5O/c1-2-15-9-18(26-19(24-15)22-12-23-26)25-16-7-8-17(25)11-20(27,10-16)13-3-5-14(21)6-4-13/h3-6,9,12,16-17,27H,2,7-8,10-11H2,1H3/t16-,17-/m0/s1. The van der Waals surface area contributed by atoms with Crippen molar-refractivity contribution in [3.63, 3.8) is 0 Å². The Hall–Kier alpha value is -2.54. The van der Waals surface area contributed by atoms with Gasteiger partial charge in [-0.3, -0.25) is 0 Å². The molecule has 0 aliphatic carbocycles. The van der Waals surface area contributed by atoms with Crippen molar-refractivity contribution in [2.24, 2.45) is 0 Å². The molecule has 0 spiro atoms. The second-order valence-electron chi connectivity index (χ2n) is 7.67. The first-order chi connectivity index (χ1) is 13.1. The molecule has 1 aromatic carbocycles. The number of aliphatic hydroxyl groups is 1. The third-order valence-electron chi connectivity index (χ3n) is 6.06. The van der Waals surface area contributed by atoms with Gasteiger partial charge in [-0.1, -0.05) is 19.1 Å². The zero-order chi connectivity index (χ0) is 18.6. The molecular weight excluding hydrogens is 345 g/mol. The molecule has 2 aromatic heterocycles. The first kappa shape index (κ1) is 16.6. The van der Waals surface area contributed by atoms with Crippen LogP contribution in [0.5, 0.6) is 0 Å². The fraction of sp³-hybridized carbons (Fsp3) is 0.450. The molecule has 5 rings (SSSR count). The van der Waals surface area contributed by atoms with Gasteiger partial charge in [0.05, 0.1) is 5.60 Å². The van der Waals surface area contributed by atoms with Crippen molar-refractivity contribution in [1.29, 1.82) is 0 Å². The predicted octanol–water partition coefficient (Wildman–Crippen LogP) is 2.84. The number of hydrogen-bond donors (Lipinski definition) is 1. The van der Waals surface area contributed by atoms with E-state index in [-0.39, 0.29) is 17.9 Å². The summed E-state index contributed by atoms with van der Waals surface area (Å²) >= 11 is 0. The predicted molar refractivity (Wildman–Crippen MR) is 99.0 cm³/mol. The van der Waals surface area contributed by atoms with Crippen LogP contribution in [-0.4, -0.2) is 36.8 Å². The summed E-state index contributed by atoms with van der Waals surface area (Å²) in [6.45, 7) is 2.08. The van der Waals surface area contributed by atoms with Crippen molar-refractivity contribution in [1.82, 2.24) is 19.6 Å². The maximum Gasteiger partial charge on any atom is 0.254 e. The van der Waals surface area contributed by atoms with Crippen molar-refractivity contribution in [3.05, 3.63) is 53.7 Å². The van der Waals surface area contributed by atoms with E-state index >= 15 is 0 Å². The van der Waals surface area contributed by atoms with Gasteiger partial charge in [-0.25, -0.2) is 9.37 Å². The first-order valence-corrected chi connectivity index (χ1v) is 9.54. The largest absolute Gasteiger partial charge is 0.385 e. The van der Waals surface area contributed by atoms with Gasteiger partial charge >= 0.3 is 0 Å². The minimum atomic E-state index is -0.919. The average Bonchev–Trinajstić information content (AvgIpc) is 3.24. The highest BCUT2D eigenvalue weighted by Gasteiger charge is 2.49. The van der Waals surface area contributed by atoms with Crippen LogP contribution in [0.25, 0.3) is 5.78 Å². The Balaban J connectivity index is 1.53. The Morgan fingerprint density at radius 3 is 2.56 bits per heavy atom. The van der Waals surface area contributed by atoms with Crippen molar-refractivity contribution in [2.75, 3.05) is 4.90 Å². The highest BCUT2D eigenvalue weighted by atomic mass is 19.1. The minimum Gasteiger partial charge on any atom is -0.385 e. The molecular formula is C20H22FN5O. The molecule has 0 amide bonds. The number of nitrogens with zero attached hydrogens (tertiary/aromatic N) is 5. The van der Waals surface area contributed by atoms with E-state index in [2.05, 4.69) is 33.0 Å². The Bertz CT molecular complexity index is 972. The highest BCUT2D eigenvalue weighted by molar-refractivity contribution is 5.51. The van der Waals surface area contributed by atoms with Crippen LogP contribution >= 0.6 is 0 Å². The number of aromatic nitrogens is 4. The zero-order valence-electron chi connectivity index (χ0n) is 15.2. The summed E-state index contributed by atoms with van der Waals surface area (Å²) < 4.78 is 15.1. The number of piperidine rings is 1. The maximum absolute atomic E-state index is 13.3. The summed E-state index contributed by atoms with van der Waals surface area (Å²) in [7, 11) is 0. The molecule has 6 nitrogen and oxygen atoms in total. The normalized spacial score (nSPS) is 27.4. The van der Waals surface area contributed by atoms with Crippen LogP contribution in [0.15, 0.2) is 36.7 Å². The number of rotatable bonds is 3. The van der Waals surface area contributed by atoms with E-state index in [4.69, 9.17) is 0 Å². The van der Waals surface area contributed by atoms with Gasteiger partial charge in [-0.05, 0) is 37.0 Å². The Morgan fingerprint density at radius 1 is 1.19 bits per heavy atom. The molecule has 0 unspecified atom stereocenters. The molecule has 140 valence electrons. The van der Waals surface area contributed by atoms with E-state index in [0.717, 1.165) is 36.3 Å². The molecule has 3 aromatic rings. The topological polar surface area (TPSA) is 66.5 Å². The lowest BCUT2D eigenvalue weighted by atomic mass is 9.80. The number of anilines is 1. The van der Waals surface area contributed by atoms with E-state index < -0.39 is 5.60 Å². The molecule has 4 heterocycles. The van der Waals surface area contributed by atoms with Crippen LogP contribution in [0.2, 0.25) is 0 Å². The second kappa shape index (κ2) is 5.99. The average molecular weight is 367 g/mol. The summed E-state index contributed by atoms with van der Waals surface area (Å²) in [5, 5.41) is 15.7. The van der Waals surface area contributed by atoms with Gasteiger partial charge in [-0.2, -0.15) is 14.6 Å². The quantitative estimate of drug-likeness (QED) is 0.771. The second-order valence-corrected chi connectivity index (χ2v) is 7.67. The van der Waals surface area contributed by atoms with Gasteiger partial charge < -0.3 is 10.0 Å². The zero-order valence-corrected chi connectivity index (χ0v) is 15.2. The van der Waals surface area contributed by atoms with E-state index in [0.29, 0.717) is 18.6 Å². The van der Waals surface area contributed by atoms with E-state index in [1.807, 2.05) is 0 Å². The summed E-state index contributed by atoms with van der Waals surface area (Å²) in [5.41, 5.74) is 0.873. The summed E-state index contributed by atoms with van der Waals surface area (Å²) in [6, 6.07) is 8.78. The van der Waals surface area contributed by atoms with Crippen molar-refractivity contribution in [3.8, 4) is 0 Å². The lowest BCUT2D eigenvalue weighted by Gasteiger charge is -2.45. The number of hydrogen-bond acceptors (Lipinski definition) is 5. The van der Waals surface area contributed by atoms with Crippen LogP contribution < -0.4 is 4.90 Å². The van der Waals surface area contributed by atoms with Gasteiger partial charge in [0.2, 0.25) is 0 Å². The molecule has 27 heavy (non-hydrogen) atoms. The Labute approximate surface area is 156 Å². The Morgan fingerprint density at radius 2 is 1.89 bits per heavy atom. The fourth-order valence-electron chi connectivity index (χ4n) is 4.80. The molecule has 0 radical (unpaired) electrons. The van der Waals surface area contributed by atoms with Crippen LogP contribution in [0.4, 0.5) is 10.2 Å². The number of halogens is 1. The van der Waals surface area contributed by atoms with E-state index in [9.17, 15) is 9.50 Å². The summed E-state index contributed by atoms with van der Waals surface area (Å²) in [6.07, 6.45) is 5.65. The third kappa shape index (κ3) is 2.60. The van der Waals surface area contributed by atoms with Gasteiger partial charge in [0, 0.05) is 36.7 Å². The molecule has 2 aliphatic rings. The van der Waals surface area contributed by atoms with Crippen LogP contribution in [-0.2, 0) is 12.0 Å². The lowest BCUT2D eigenvalue weighted by Crippen LogP contribution is -2.50. The molecule has 2 aliphatic heterocycles. The van der Waals surface area contributed by atoms with Crippen LogP contribution in [0.1, 0.15) is 43.9 Å². The molecule has 2 atom stereocenters. The van der Waals surface area contributed by atoms with E-state index in [1.165, 1.54) is 18.5 Å². The molecule has 2 bridgehead atoms. The monoisotopic (exact) mass is 367 g/mol. The minimum absolute atomic E-state index is 0.207. The molecule has 2 fully saturated rings. The number of fused-ring (bicyclic) bond motifs is 3. The Kier molecular flexibility index (Phi) is 3.69. The smallest absolute Gasteiger partial charge is 0.254 e. The first-order valence-electron chi connectivity index (χ1n) is 9.54. The molecule has 1 N–H and O–H groups in total. The van der Waals surface area contributed by atoms with Gasteiger partial charge in [0.1, 0.15) is 18.0 Å². The number of aryl methyl sites for hydroxylation is 1. The van der Waals surface area contributed by atoms with Crippen LogP contribution in [0.3, 0.4) is 0 Å². The summed E-state index contributed by atoms with van der Waals surface area (Å²) in [4.78, 5) is 11.2. The molecule has 2 saturated heterocycles. The maximum atomic E-state index is 13.3. The number of benzene rings is 1. The van der Waals surface area contributed by atoms with E-state index in [1.54, 1.807) is 16.6 Å². The molecule has 0 saturated carbocycles. The fourth-order valence-corrected chi connectivity index (χ4v) is 4.80. The van der Waals surface area contributed by atoms with Crippen molar-refractivity contribution >= 4 is 11.6 Å². The van der Waals surface area contributed by atoms with Crippen molar-refractivity contribution in [2.45, 2.75) is 56.7 Å². The lowest BCUT2D eigenvalue weighted by molar-refractivity contribution is -0.00332. The summed E-state index contributed by atoms with van der Waals surface area (Å²) in [5.74, 6) is 1.34. The van der Waals surface area contributed by atoms with Crippen molar-refractivity contribution < 1.29 is 9.50 Å². The third-order valence-corrected chi connectivity index (χ3v) is 6.06. The van der Waals surface area contributed by atoms with Gasteiger partial charge in [0.15, 0.2) is 0 Å². The highest BCUT2D eigenvalue weighted by Crippen LogP contribution is 2.47. The van der Waals surface area contributed by atoms with Crippen LogP contribution in [0, 0.1) is 5.82 Å². The van der Waals surface area contributed by atoms with Gasteiger partial charge in [0.25, 0.3) is 5.78 Å². The molecule has 7 heteroatoms. The SMILES string of the molecule is CCc1cc(N2[C@H]3CC[C@H]2CC(O)(c2ccc(F)cc2)C3)n2ncnc2n1.